The van der Waals surface area contributed by atoms with Crippen LogP contribution >= 0.6 is 0 Å². The van der Waals surface area contributed by atoms with Crippen molar-refractivity contribution in [2.75, 3.05) is 6.61 Å². The number of ether oxygens (including phenoxy) is 1. The number of carbonyl (C=O) groups is 1. The standard InChI is InChI=1S/C14H16N2O5/c1-3-20-13(18)12(16-15)11(17)9-14(2,19)7-6-10-5-4-8-21-10/h4-8,19H,3,9H2,1-2H3/p+1/b7-6+. The van der Waals surface area contributed by atoms with Gasteiger partial charge in [0.15, 0.2) is 10.7 Å². The average Bonchev–Trinajstić information content (AvgIpc) is 2.90. The number of rotatable bonds is 6. The molecule has 7 heteroatoms. The van der Waals surface area contributed by atoms with Gasteiger partial charge in [0.05, 0.1) is 18.5 Å². The summed E-state index contributed by atoms with van der Waals surface area (Å²) in [5.74, 6) is -1.02. The molecule has 1 unspecified atom stereocenters. The van der Waals surface area contributed by atoms with Crippen LogP contribution in [0.5, 0.6) is 0 Å². The van der Waals surface area contributed by atoms with E-state index in [1.165, 1.54) is 25.3 Å². The van der Waals surface area contributed by atoms with E-state index in [9.17, 15) is 15.0 Å². The summed E-state index contributed by atoms with van der Waals surface area (Å²) in [7, 11) is 0. The molecule has 0 spiro atoms. The van der Waals surface area contributed by atoms with Gasteiger partial charge < -0.3 is 19.4 Å². The molecule has 0 radical (unpaired) electrons. The fourth-order valence-electron chi connectivity index (χ4n) is 1.55. The van der Waals surface area contributed by atoms with E-state index in [2.05, 4.69) is 9.71 Å². The Bertz CT molecular complexity index is 579. The lowest BCUT2D eigenvalue weighted by Gasteiger charge is -2.16. The van der Waals surface area contributed by atoms with Gasteiger partial charge >= 0.3 is 11.7 Å². The zero-order chi connectivity index (χ0) is 15.9. The summed E-state index contributed by atoms with van der Waals surface area (Å²) in [6.07, 6.45) is 4.06. The molecule has 0 aromatic carbocycles. The second kappa shape index (κ2) is 7.26. The van der Waals surface area contributed by atoms with Crippen molar-refractivity contribution in [2.45, 2.75) is 25.9 Å². The highest BCUT2D eigenvalue weighted by molar-refractivity contribution is 5.90. The van der Waals surface area contributed by atoms with Crippen LogP contribution in [0.4, 0.5) is 0 Å². The molecule has 0 amide bonds. The first-order valence-electron chi connectivity index (χ1n) is 6.29. The normalized spacial score (nSPS) is 15.1. The second-order valence-electron chi connectivity index (χ2n) is 4.50. The topological polar surface area (TPSA) is 108 Å². The monoisotopic (exact) mass is 293 g/mol. The second-order valence-corrected chi connectivity index (χ2v) is 4.50. The zero-order valence-corrected chi connectivity index (χ0v) is 11.8. The van der Waals surface area contributed by atoms with Crippen molar-refractivity contribution < 1.29 is 24.2 Å². The van der Waals surface area contributed by atoms with Crippen LogP contribution in [0.2, 0.25) is 0 Å². The summed E-state index contributed by atoms with van der Waals surface area (Å²) < 4.78 is 9.69. The number of esters is 1. The average molecular weight is 293 g/mol. The van der Waals surface area contributed by atoms with E-state index in [1.807, 2.05) is 0 Å². The van der Waals surface area contributed by atoms with Crippen molar-refractivity contribution in [3.8, 4) is 0 Å². The maximum absolute atomic E-state index is 11.4. The summed E-state index contributed by atoms with van der Waals surface area (Å²) in [5.41, 5.74) is -2.11. The first kappa shape index (κ1) is 16.5. The summed E-state index contributed by atoms with van der Waals surface area (Å²) >= 11 is 0. The molecule has 0 aliphatic heterocycles. The van der Waals surface area contributed by atoms with Crippen LogP contribution < -0.4 is 0 Å². The van der Waals surface area contributed by atoms with Gasteiger partial charge in [-0.2, -0.15) is 0 Å². The molecule has 0 saturated carbocycles. The van der Waals surface area contributed by atoms with Crippen molar-refractivity contribution in [3.05, 3.63) is 46.7 Å². The van der Waals surface area contributed by atoms with Crippen LogP contribution in [0.15, 0.2) is 40.3 Å². The number of diazo groups is 1. The Morgan fingerprint density at radius 2 is 2.33 bits per heavy atom. The molecule has 0 fully saturated rings. The van der Waals surface area contributed by atoms with E-state index in [0.29, 0.717) is 5.76 Å². The Morgan fingerprint density at radius 3 is 2.86 bits per heavy atom. The quantitative estimate of drug-likeness (QED) is 0.361. The van der Waals surface area contributed by atoms with Gasteiger partial charge in [-0.05, 0) is 38.1 Å². The third-order valence-corrected chi connectivity index (χ3v) is 2.52. The molecule has 7 nitrogen and oxygen atoms in total. The number of aliphatic hydroxyl groups is 2. The number of hydrogen-bond donors (Lipinski definition) is 2. The molecular weight excluding hydrogens is 276 g/mol. The summed E-state index contributed by atoms with van der Waals surface area (Å²) in [4.78, 5) is 14.1. The summed E-state index contributed by atoms with van der Waals surface area (Å²) in [6.45, 7) is 3.06. The molecule has 1 aromatic heterocycles. The summed E-state index contributed by atoms with van der Waals surface area (Å²) in [5, 5.41) is 28.7. The van der Waals surface area contributed by atoms with E-state index >= 15 is 0 Å². The van der Waals surface area contributed by atoms with E-state index < -0.39 is 23.0 Å². The van der Waals surface area contributed by atoms with Crippen LogP contribution in [-0.2, 0) is 9.53 Å². The van der Waals surface area contributed by atoms with Crippen LogP contribution in [0, 0.1) is 5.39 Å². The molecule has 1 heterocycles. The number of aliphatic hydroxyl groups excluding tert-OH is 1. The molecule has 21 heavy (non-hydrogen) atoms. The number of carbonyl (C=O) groups excluding carboxylic acids is 1. The van der Waals surface area contributed by atoms with Crippen LogP contribution in [0.1, 0.15) is 26.0 Å². The number of furan rings is 1. The van der Waals surface area contributed by atoms with Gasteiger partial charge in [-0.1, -0.05) is 0 Å². The highest BCUT2D eigenvalue weighted by Crippen LogP contribution is 2.21. The van der Waals surface area contributed by atoms with Crippen LogP contribution in [-0.4, -0.2) is 28.4 Å². The minimum absolute atomic E-state index is 0.0694. The third kappa shape index (κ3) is 5.12. The molecule has 0 aliphatic carbocycles. The first-order chi connectivity index (χ1) is 9.89. The van der Waals surface area contributed by atoms with E-state index in [0.717, 1.165) is 0 Å². The number of hydrogen-bond acceptors (Lipinski definition) is 6. The largest absolute Gasteiger partial charge is 0.505 e. The lowest BCUT2D eigenvalue weighted by Crippen LogP contribution is -2.22. The number of nitrogens with zero attached hydrogens (tertiary/aromatic N) is 2. The first-order valence-corrected chi connectivity index (χ1v) is 6.29. The lowest BCUT2D eigenvalue weighted by atomic mass is 9.99. The zero-order valence-electron chi connectivity index (χ0n) is 11.8. The minimum Gasteiger partial charge on any atom is -0.505 e. The Balaban J connectivity index is 2.85. The Kier molecular flexibility index (Phi) is 5.69. The van der Waals surface area contributed by atoms with Crippen molar-refractivity contribution in [1.29, 1.82) is 5.39 Å². The molecule has 1 rings (SSSR count). The van der Waals surface area contributed by atoms with Gasteiger partial charge in [-0.25, -0.2) is 4.79 Å². The maximum Gasteiger partial charge on any atom is 0.505 e. The van der Waals surface area contributed by atoms with Crippen molar-refractivity contribution in [2.24, 2.45) is 0 Å². The fraction of sp³-hybridized carbons (Fsp3) is 0.357. The summed E-state index contributed by atoms with van der Waals surface area (Å²) in [6, 6.07) is 3.38. The Labute approximate surface area is 121 Å². The lowest BCUT2D eigenvalue weighted by molar-refractivity contribution is -0.138. The predicted octanol–water partition coefficient (Wildman–Crippen LogP) is 2.62. The molecule has 1 atom stereocenters. The molecule has 112 valence electrons. The molecule has 0 saturated heterocycles. The highest BCUT2D eigenvalue weighted by Gasteiger charge is 2.33. The van der Waals surface area contributed by atoms with Gasteiger partial charge in [0.2, 0.25) is 5.39 Å². The SMILES string of the molecule is CCOC(=O)/C([N+]#N)=C(\O)CC(C)(O)/C=C/c1ccco1. The van der Waals surface area contributed by atoms with Crippen molar-refractivity contribution >= 4 is 12.0 Å². The van der Waals surface area contributed by atoms with Gasteiger partial charge in [0, 0.05) is 6.42 Å². The Hall–Kier alpha value is -2.59. The fourth-order valence-corrected chi connectivity index (χ4v) is 1.55. The van der Waals surface area contributed by atoms with Gasteiger partial charge in [-0.3, -0.25) is 0 Å². The molecule has 0 aliphatic rings. The van der Waals surface area contributed by atoms with E-state index in [1.54, 1.807) is 19.1 Å². The smallest absolute Gasteiger partial charge is 0.505 e. The molecular formula is C14H17N2O5+. The molecule has 1 aromatic rings. The maximum atomic E-state index is 11.4. The van der Waals surface area contributed by atoms with E-state index in [-0.39, 0.29) is 13.0 Å². The van der Waals surface area contributed by atoms with Crippen molar-refractivity contribution in [3.63, 3.8) is 0 Å². The Morgan fingerprint density at radius 1 is 1.62 bits per heavy atom. The highest BCUT2D eigenvalue weighted by atomic mass is 16.5. The predicted molar refractivity (Wildman–Crippen MR) is 74.4 cm³/mol. The van der Waals surface area contributed by atoms with Crippen LogP contribution in [0.25, 0.3) is 11.1 Å². The van der Waals surface area contributed by atoms with Crippen molar-refractivity contribution in [1.82, 2.24) is 0 Å². The van der Waals surface area contributed by atoms with Crippen LogP contribution in [0.3, 0.4) is 0 Å². The van der Waals surface area contributed by atoms with Gasteiger partial charge in [0.1, 0.15) is 5.76 Å². The van der Waals surface area contributed by atoms with Gasteiger partial charge in [-0.15, -0.1) is 0 Å². The van der Waals surface area contributed by atoms with Gasteiger partial charge in [0.25, 0.3) is 0 Å². The van der Waals surface area contributed by atoms with E-state index in [4.69, 9.17) is 9.81 Å². The molecule has 2 N–H and O–H groups in total. The minimum atomic E-state index is -1.47. The molecule has 0 bridgehead atoms. The third-order valence-electron chi connectivity index (χ3n) is 2.52.